The van der Waals surface area contributed by atoms with E-state index in [4.69, 9.17) is 0 Å². The van der Waals surface area contributed by atoms with Gasteiger partial charge in [0.15, 0.2) is 0 Å². The molecule has 1 aromatic carbocycles. The van der Waals surface area contributed by atoms with Crippen LogP contribution in [-0.4, -0.2) is 15.2 Å². The first-order valence-electron chi connectivity index (χ1n) is 6.08. The molecule has 0 bridgehead atoms. The van der Waals surface area contributed by atoms with Gasteiger partial charge in [-0.15, -0.1) is 0 Å². The molecule has 1 rings (SSSR count). The van der Waals surface area contributed by atoms with Crippen LogP contribution in [0.5, 0.6) is 0 Å². The average Bonchev–Trinajstić information content (AvgIpc) is 2.13. The second-order valence-electron chi connectivity index (χ2n) is 6.45. The topological polar surface area (TPSA) is 43.1 Å². The number of non-ortho nitro benzene ring substituents is 1. The van der Waals surface area contributed by atoms with Crippen LogP contribution in [0.1, 0.15) is 41.5 Å². The number of nitro benzene ring substituents is 1. The van der Waals surface area contributed by atoms with E-state index < -0.39 is 7.92 Å². The highest BCUT2D eigenvalue weighted by Crippen LogP contribution is 2.58. The summed E-state index contributed by atoms with van der Waals surface area (Å²) in [4.78, 5) is 10.3. The number of nitrogens with zero attached hydrogens (tertiary/aromatic N) is 1. The zero-order valence-electron chi connectivity index (χ0n) is 12.0. The van der Waals surface area contributed by atoms with E-state index in [2.05, 4.69) is 41.5 Å². The van der Waals surface area contributed by atoms with Gasteiger partial charge in [0.2, 0.25) is 0 Å². The Balaban J connectivity index is 3.20. The average molecular weight is 267 g/mol. The van der Waals surface area contributed by atoms with Gasteiger partial charge in [-0.2, -0.15) is 0 Å². The zero-order chi connectivity index (χ0) is 14.1. The molecule has 0 aliphatic carbocycles. The summed E-state index contributed by atoms with van der Waals surface area (Å²) in [6.07, 6.45) is 0. The second-order valence-corrected chi connectivity index (χ2v) is 10.3. The molecule has 0 unspecified atom stereocenters. The molecule has 100 valence electrons. The van der Waals surface area contributed by atoms with Crippen molar-refractivity contribution < 1.29 is 4.92 Å². The van der Waals surface area contributed by atoms with Gasteiger partial charge < -0.3 is 0 Å². The lowest BCUT2D eigenvalue weighted by Crippen LogP contribution is -2.31. The fraction of sp³-hybridized carbons (Fsp3) is 0.571. The first kappa shape index (κ1) is 15.1. The molecule has 0 N–H and O–H groups in total. The number of hydrogen-bond donors (Lipinski definition) is 0. The Hall–Kier alpha value is -0.950. The smallest absolute Gasteiger partial charge is 0.258 e. The maximum absolute atomic E-state index is 10.7. The van der Waals surface area contributed by atoms with Crippen LogP contribution >= 0.6 is 7.92 Å². The van der Waals surface area contributed by atoms with E-state index in [0.29, 0.717) is 0 Å². The second kappa shape index (κ2) is 4.97. The quantitative estimate of drug-likeness (QED) is 0.455. The molecule has 0 aromatic heterocycles. The van der Waals surface area contributed by atoms with Crippen LogP contribution in [0.25, 0.3) is 0 Å². The highest BCUT2D eigenvalue weighted by molar-refractivity contribution is 7.68. The number of nitro groups is 1. The van der Waals surface area contributed by atoms with Gasteiger partial charge in [0.25, 0.3) is 5.69 Å². The third-order valence-corrected chi connectivity index (χ3v) is 6.16. The normalized spacial score (nSPS) is 12.8. The summed E-state index contributed by atoms with van der Waals surface area (Å²) in [5, 5.41) is 12.3. The molecule has 0 saturated heterocycles. The SMILES string of the molecule is CC(C)(C)P(c1ccc([N+](=O)[O-])cc1)C(C)(C)C. The van der Waals surface area contributed by atoms with Gasteiger partial charge in [-0.3, -0.25) is 10.1 Å². The Morgan fingerprint density at radius 2 is 1.33 bits per heavy atom. The van der Waals surface area contributed by atoms with Crippen molar-refractivity contribution in [3.63, 3.8) is 0 Å². The molecular weight excluding hydrogens is 245 g/mol. The van der Waals surface area contributed by atoms with E-state index in [9.17, 15) is 10.1 Å². The molecule has 1 aromatic rings. The Bertz CT molecular complexity index is 413. The van der Waals surface area contributed by atoms with Crippen molar-refractivity contribution in [2.45, 2.75) is 51.9 Å². The number of hydrogen-bond acceptors (Lipinski definition) is 2. The molecule has 0 fully saturated rings. The molecule has 0 atom stereocenters. The Morgan fingerprint density at radius 1 is 0.944 bits per heavy atom. The number of benzene rings is 1. The van der Waals surface area contributed by atoms with Crippen LogP contribution in [0.15, 0.2) is 24.3 Å². The Morgan fingerprint density at radius 3 is 1.61 bits per heavy atom. The highest BCUT2D eigenvalue weighted by atomic mass is 31.1. The minimum atomic E-state index is -0.392. The van der Waals surface area contributed by atoms with E-state index >= 15 is 0 Å². The van der Waals surface area contributed by atoms with Gasteiger partial charge in [0.1, 0.15) is 0 Å². The van der Waals surface area contributed by atoms with Crippen LogP contribution in [-0.2, 0) is 0 Å². The molecule has 0 radical (unpaired) electrons. The first-order valence-corrected chi connectivity index (χ1v) is 7.42. The van der Waals surface area contributed by atoms with Crippen molar-refractivity contribution in [1.82, 2.24) is 0 Å². The molecule has 18 heavy (non-hydrogen) atoms. The van der Waals surface area contributed by atoms with Gasteiger partial charge in [-0.1, -0.05) is 49.5 Å². The van der Waals surface area contributed by atoms with E-state index in [0.717, 1.165) is 0 Å². The Kier molecular flexibility index (Phi) is 4.17. The fourth-order valence-corrected chi connectivity index (χ4v) is 6.51. The molecule has 0 aliphatic heterocycles. The summed E-state index contributed by atoms with van der Waals surface area (Å²) in [5.41, 5.74) is 0.163. The van der Waals surface area contributed by atoms with Gasteiger partial charge in [-0.05, 0) is 27.7 Å². The van der Waals surface area contributed by atoms with Gasteiger partial charge in [0, 0.05) is 12.1 Å². The van der Waals surface area contributed by atoms with Gasteiger partial charge >= 0.3 is 0 Å². The largest absolute Gasteiger partial charge is 0.269 e. The van der Waals surface area contributed by atoms with Gasteiger partial charge in [0.05, 0.1) is 4.92 Å². The predicted octanol–water partition coefficient (Wildman–Crippen LogP) is 4.30. The lowest BCUT2D eigenvalue weighted by atomic mass is 10.2. The minimum absolute atomic E-state index is 0.163. The molecule has 4 heteroatoms. The van der Waals surface area contributed by atoms with Crippen LogP contribution in [0, 0.1) is 10.1 Å². The lowest BCUT2D eigenvalue weighted by molar-refractivity contribution is -0.384. The fourth-order valence-electron chi connectivity index (χ4n) is 2.50. The van der Waals surface area contributed by atoms with E-state index in [1.54, 1.807) is 12.1 Å². The standard InChI is InChI=1S/C14H22NO2P/c1-13(2,3)18(14(4,5)6)12-9-7-11(8-10-12)15(16)17/h7-10H,1-6H3. The summed E-state index contributed by atoms with van der Waals surface area (Å²) in [7, 11) is -0.392. The summed E-state index contributed by atoms with van der Waals surface area (Å²) in [6.45, 7) is 13.4. The summed E-state index contributed by atoms with van der Waals surface area (Å²) < 4.78 is 0. The molecule has 0 spiro atoms. The maximum atomic E-state index is 10.7. The molecule has 0 aliphatic rings. The van der Waals surface area contributed by atoms with Crippen molar-refractivity contribution in [3.8, 4) is 0 Å². The van der Waals surface area contributed by atoms with Crippen molar-refractivity contribution in [2.24, 2.45) is 0 Å². The van der Waals surface area contributed by atoms with Crippen LogP contribution < -0.4 is 5.30 Å². The molecule has 0 amide bonds. The molecule has 0 heterocycles. The summed E-state index contributed by atoms with van der Waals surface area (Å²) in [5.74, 6) is 0. The van der Waals surface area contributed by atoms with E-state index in [1.165, 1.54) is 5.30 Å². The molecule has 0 saturated carbocycles. The zero-order valence-corrected chi connectivity index (χ0v) is 12.9. The van der Waals surface area contributed by atoms with E-state index in [-0.39, 0.29) is 20.9 Å². The van der Waals surface area contributed by atoms with Crippen molar-refractivity contribution in [2.75, 3.05) is 0 Å². The molecule has 3 nitrogen and oxygen atoms in total. The first-order chi connectivity index (χ1) is 8.03. The molecular formula is C14H22NO2P. The monoisotopic (exact) mass is 267 g/mol. The minimum Gasteiger partial charge on any atom is -0.258 e. The van der Waals surface area contributed by atoms with Crippen molar-refractivity contribution in [3.05, 3.63) is 34.4 Å². The van der Waals surface area contributed by atoms with Crippen LogP contribution in [0.4, 0.5) is 5.69 Å². The Labute approximate surface area is 111 Å². The van der Waals surface area contributed by atoms with E-state index in [1.807, 2.05) is 12.1 Å². The lowest BCUT2D eigenvalue weighted by Gasteiger charge is -2.41. The van der Waals surface area contributed by atoms with Crippen LogP contribution in [0.3, 0.4) is 0 Å². The van der Waals surface area contributed by atoms with Crippen LogP contribution in [0.2, 0.25) is 0 Å². The predicted molar refractivity (Wildman–Crippen MR) is 79.2 cm³/mol. The van der Waals surface area contributed by atoms with Crippen molar-refractivity contribution in [1.29, 1.82) is 0 Å². The van der Waals surface area contributed by atoms with Gasteiger partial charge in [-0.25, -0.2) is 0 Å². The number of rotatable bonds is 2. The third kappa shape index (κ3) is 3.52. The third-order valence-electron chi connectivity index (χ3n) is 2.66. The highest BCUT2D eigenvalue weighted by Gasteiger charge is 2.35. The maximum Gasteiger partial charge on any atom is 0.269 e. The van der Waals surface area contributed by atoms with Crippen molar-refractivity contribution >= 4 is 18.9 Å². The summed E-state index contributed by atoms with van der Waals surface area (Å²) >= 11 is 0. The summed E-state index contributed by atoms with van der Waals surface area (Å²) in [6, 6.07) is 7.06.